The number of benzene rings is 1. The molecule has 1 heterocycles. The molecule has 0 aliphatic carbocycles. The molecule has 0 spiro atoms. The minimum atomic E-state index is -0.496. The first kappa shape index (κ1) is 15.4. The molecule has 1 unspecified atom stereocenters. The molecule has 1 aromatic rings. The van der Waals surface area contributed by atoms with Crippen molar-refractivity contribution in [2.75, 3.05) is 26.3 Å². The number of rotatable bonds is 7. The Bertz CT molecular complexity index is 372. The van der Waals surface area contributed by atoms with Gasteiger partial charge in [-0.25, -0.2) is 0 Å². The van der Waals surface area contributed by atoms with Gasteiger partial charge in [-0.3, -0.25) is 0 Å². The molecule has 1 aliphatic heterocycles. The van der Waals surface area contributed by atoms with E-state index in [-0.39, 0.29) is 6.04 Å². The van der Waals surface area contributed by atoms with Crippen LogP contribution in [0.25, 0.3) is 0 Å². The minimum absolute atomic E-state index is 0.163. The van der Waals surface area contributed by atoms with Crippen LogP contribution >= 0.6 is 0 Å². The van der Waals surface area contributed by atoms with Gasteiger partial charge in [0.1, 0.15) is 0 Å². The lowest BCUT2D eigenvalue weighted by Crippen LogP contribution is -2.62. The monoisotopic (exact) mass is 278 g/mol. The lowest BCUT2D eigenvalue weighted by atomic mass is 9.98. The van der Waals surface area contributed by atoms with Crippen LogP contribution in [-0.2, 0) is 16.0 Å². The zero-order valence-electron chi connectivity index (χ0n) is 12.5. The molecule has 1 fully saturated rings. The summed E-state index contributed by atoms with van der Waals surface area (Å²) in [4.78, 5) is 0. The Kier molecular flexibility index (Phi) is 5.98. The second kappa shape index (κ2) is 7.74. The lowest BCUT2D eigenvalue weighted by Gasteiger charge is -2.43. The summed E-state index contributed by atoms with van der Waals surface area (Å²) in [5.74, 6) is -0.496. The maximum Gasteiger partial charge on any atom is 0.186 e. The summed E-state index contributed by atoms with van der Waals surface area (Å²) >= 11 is 0. The predicted molar refractivity (Wildman–Crippen MR) is 80.5 cm³/mol. The second-order valence-corrected chi connectivity index (χ2v) is 5.05. The van der Waals surface area contributed by atoms with E-state index in [0.717, 1.165) is 26.1 Å². The van der Waals surface area contributed by atoms with Crippen LogP contribution < -0.4 is 10.6 Å². The van der Waals surface area contributed by atoms with Gasteiger partial charge in [0.15, 0.2) is 5.79 Å². The van der Waals surface area contributed by atoms with E-state index >= 15 is 0 Å². The van der Waals surface area contributed by atoms with Crippen LogP contribution in [0, 0.1) is 0 Å². The third kappa shape index (κ3) is 3.79. The molecule has 0 amide bonds. The SMILES string of the molecule is CCOC1(OCC)CCNCC1NCc1ccccc1. The number of hydrogen-bond donors (Lipinski definition) is 2. The fourth-order valence-corrected chi connectivity index (χ4v) is 2.78. The molecule has 1 aliphatic rings. The van der Waals surface area contributed by atoms with Crippen LogP contribution in [0.1, 0.15) is 25.8 Å². The molecular formula is C16H26N2O2. The maximum atomic E-state index is 5.99. The highest BCUT2D eigenvalue weighted by atomic mass is 16.7. The quantitative estimate of drug-likeness (QED) is 0.748. The Balaban J connectivity index is 2.01. The smallest absolute Gasteiger partial charge is 0.186 e. The van der Waals surface area contributed by atoms with E-state index in [4.69, 9.17) is 9.47 Å². The fraction of sp³-hybridized carbons (Fsp3) is 0.625. The van der Waals surface area contributed by atoms with Gasteiger partial charge in [-0.05, 0) is 19.4 Å². The lowest BCUT2D eigenvalue weighted by molar-refractivity contribution is -0.258. The molecule has 4 heteroatoms. The highest BCUT2D eigenvalue weighted by Gasteiger charge is 2.42. The summed E-state index contributed by atoms with van der Waals surface area (Å²) in [6.07, 6.45) is 0.876. The predicted octanol–water partition coefficient (Wildman–Crippen LogP) is 1.91. The molecule has 4 nitrogen and oxygen atoms in total. The number of piperidine rings is 1. The van der Waals surface area contributed by atoms with Crippen LogP contribution in [0.5, 0.6) is 0 Å². The van der Waals surface area contributed by atoms with Gasteiger partial charge >= 0.3 is 0 Å². The molecule has 0 radical (unpaired) electrons. The third-order valence-corrected chi connectivity index (χ3v) is 3.70. The van der Waals surface area contributed by atoms with E-state index < -0.39 is 5.79 Å². The third-order valence-electron chi connectivity index (χ3n) is 3.70. The summed E-state index contributed by atoms with van der Waals surface area (Å²) in [7, 11) is 0. The largest absolute Gasteiger partial charge is 0.349 e. The van der Waals surface area contributed by atoms with E-state index in [1.165, 1.54) is 5.56 Å². The van der Waals surface area contributed by atoms with Gasteiger partial charge in [0.25, 0.3) is 0 Å². The molecule has 20 heavy (non-hydrogen) atoms. The van der Waals surface area contributed by atoms with Crippen LogP contribution in [-0.4, -0.2) is 38.1 Å². The van der Waals surface area contributed by atoms with Crippen LogP contribution in [0.15, 0.2) is 30.3 Å². The maximum absolute atomic E-state index is 5.99. The standard InChI is InChI=1S/C16H26N2O2/c1-3-19-16(20-4-2)10-11-17-13-15(16)18-12-14-8-6-5-7-9-14/h5-9,15,17-18H,3-4,10-13H2,1-2H3. The van der Waals surface area contributed by atoms with Gasteiger partial charge < -0.3 is 20.1 Å². The Morgan fingerprint density at radius 3 is 2.55 bits per heavy atom. The Morgan fingerprint density at radius 2 is 1.90 bits per heavy atom. The van der Waals surface area contributed by atoms with Crippen LogP contribution in [0.2, 0.25) is 0 Å². The van der Waals surface area contributed by atoms with Crippen LogP contribution in [0.4, 0.5) is 0 Å². The van der Waals surface area contributed by atoms with E-state index in [0.29, 0.717) is 13.2 Å². The van der Waals surface area contributed by atoms with E-state index in [1.54, 1.807) is 0 Å². The summed E-state index contributed by atoms with van der Waals surface area (Å²) in [6.45, 7) is 8.02. The van der Waals surface area contributed by atoms with Crippen LogP contribution in [0.3, 0.4) is 0 Å². The Morgan fingerprint density at radius 1 is 1.20 bits per heavy atom. The first-order valence-corrected chi connectivity index (χ1v) is 7.56. The number of hydrogen-bond acceptors (Lipinski definition) is 4. The average molecular weight is 278 g/mol. The highest BCUT2D eigenvalue weighted by molar-refractivity contribution is 5.14. The molecule has 112 valence electrons. The molecule has 1 aromatic carbocycles. The van der Waals surface area contributed by atoms with Crippen molar-refractivity contribution in [3.05, 3.63) is 35.9 Å². The zero-order valence-corrected chi connectivity index (χ0v) is 12.5. The normalized spacial score (nSPS) is 21.8. The van der Waals surface area contributed by atoms with Crippen molar-refractivity contribution >= 4 is 0 Å². The minimum Gasteiger partial charge on any atom is -0.349 e. The van der Waals surface area contributed by atoms with E-state index in [2.05, 4.69) is 34.9 Å². The van der Waals surface area contributed by atoms with Gasteiger partial charge in [0, 0.05) is 39.3 Å². The zero-order chi connectivity index (χ0) is 14.3. The van der Waals surface area contributed by atoms with Crippen molar-refractivity contribution in [3.8, 4) is 0 Å². The van der Waals surface area contributed by atoms with Gasteiger partial charge in [-0.2, -0.15) is 0 Å². The second-order valence-electron chi connectivity index (χ2n) is 5.05. The van der Waals surface area contributed by atoms with Crippen molar-refractivity contribution < 1.29 is 9.47 Å². The van der Waals surface area contributed by atoms with Crippen molar-refractivity contribution in [1.82, 2.24) is 10.6 Å². The Labute approximate surface area is 121 Å². The van der Waals surface area contributed by atoms with Gasteiger partial charge in [0.2, 0.25) is 0 Å². The van der Waals surface area contributed by atoms with Crippen molar-refractivity contribution in [2.24, 2.45) is 0 Å². The summed E-state index contributed by atoms with van der Waals surface area (Å²) in [6, 6.07) is 10.6. The molecule has 2 rings (SSSR count). The van der Waals surface area contributed by atoms with Gasteiger partial charge in [-0.15, -0.1) is 0 Å². The average Bonchev–Trinajstić information content (AvgIpc) is 2.48. The van der Waals surface area contributed by atoms with Crippen molar-refractivity contribution in [2.45, 2.75) is 38.6 Å². The highest BCUT2D eigenvalue weighted by Crippen LogP contribution is 2.25. The molecule has 1 saturated heterocycles. The fourth-order valence-electron chi connectivity index (χ4n) is 2.78. The number of nitrogens with one attached hydrogen (secondary N) is 2. The summed E-state index contributed by atoms with van der Waals surface area (Å²) < 4.78 is 12.0. The molecular weight excluding hydrogens is 252 g/mol. The van der Waals surface area contributed by atoms with E-state index in [9.17, 15) is 0 Å². The number of ether oxygens (including phenoxy) is 2. The molecule has 0 aromatic heterocycles. The van der Waals surface area contributed by atoms with Crippen molar-refractivity contribution in [1.29, 1.82) is 0 Å². The molecule has 0 bridgehead atoms. The Hall–Kier alpha value is -0.940. The summed E-state index contributed by atoms with van der Waals surface area (Å²) in [5.41, 5.74) is 1.28. The van der Waals surface area contributed by atoms with Gasteiger partial charge in [-0.1, -0.05) is 30.3 Å². The molecule has 0 saturated carbocycles. The van der Waals surface area contributed by atoms with Crippen molar-refractivity contribution in [3.63, 3.8) is 0 Å². The van der Waals surface area contributed by atoms with E-state index in [1.807, 2.05) is 19.9 Å². The first-order valence-electron chi connectivity index (χ1n) is 7.56. The molecule has 2 N–H and O–H groups in total. The topological polar surface area (TPSA) is 42.5 Å². The van der Waals surface area contributed by atoms with Gasteiger partial charge in [0.05, 0.1) is 6.04 Å². The summed E-state index contributed by atoms with van der Waals surface area (Å²) in [5, 5.41) is 7.01. The molecule has 1 atom stereocenters. The first-order chi connectivity index (χ1) is 9.80.